The number of anilines is 1. The standard InChI is InChI=1S/C12H13ClN2O4/c1-6(12(18)19)14-11(17)9-5-8(15-7(2)16)3-4-10(9)13/h3-6H,1-2H3,(H,14,17)(H,15,16)(H,18,19). The maximum Gasteiger partial charge on any atom is 0.325 e. The molecular formula is C12H13ClN2O4. The molecule has 0 saturated heterocycles. The smallest absolute Gasteiger partial charge is 0.325 e. The molecule has 0 bridgehead atoms. The van der Waals surface area contributed by atoms with Gasteiger partial charge in [-0.3, -0.25) is 14.4 Å². The van der Waals surface area contributed by atoms with E-state index in [0.717, 1.165) is 0 Å². The zero-order valence-corrected chi connectivity index (χ0v) is 11.1. The van der Waals surface area contributed by atoms with Gasteiger partial charge >= 0.3 is 5.97 Å². The van der Waals surface area contributed by atoms with Crippen molar-refractivity contribution in [1.82, 2.24) is 5.32 Å². The number of hydrogen-bond acceptors (Lipinski definition) is 3. The van der Waals surface area contributed by atoms with Crippen molar-refractivity contribution < 1.29 is 19.5 Å². The van der Waals surface area contributed by atoms with Gasteiger partial charge in [0.25, 0.3) is 5.91 Å². The van der Waals surface area contributed by atoms with E-state index < -0.39 is 17.9 Å². The van der Waals surface area contributed by atoms with Gasteiger partial charge in [0.05, 0.1) is 10.6 Å². The summed E-state index contributed by atoms with van der Waals surface area (Å²) in [4.78, 5) is 33.4. The number of rotatable bonds is 4. The van der Waals surface area contributed by atoms with Crippen LogP contribution in [0.4, 0.5) is 5.69 Å². The van der Waals surface area contributed by atoms with E-state index in [1.165, 1.54) is 26.0 Å². The van der Waals surface area contributed by atoms with E-state index in [-0.39, 0.29) is 16.5 Å². The minimum atomic E-state index is -1.15. The van der Waals surface area contributed by atoms with Gasteiger partial charge < -0.3 is 15.7 Å². The molecule has 1 aromatic carbocycles. The Kier molecular flexibility index (Phi) is 4.88. The fraction of sp³-hybridized carbons (Fsp3) is 0.250. The van der Waals surface area contributed by atoms with E-state index >= 15 is 0 Å². The molecule has 2 amide bonds. The summed E-state index contributed by atoms with van der Waals surface area (Å²) in [6, 6.07) is 3.34. The fourth-order valence-corrected chi connectivity index (χ4v) is 1.52. The van der Waals surface area contributed by atoms with Crippen LogP contribution in [0.5, 0.6) is 0 Å². The van der Waals surface area contributed by atoms with Crippen molar-refractivity contribution in [3.8, 4) is 0 Å². The fourth-order valence-electron chi connectivity index (χ4n) is 1.32. The summed E-state index contributed by atoms with van der Waals surface area (Å²) in [6.45, 7) is 2.67. The number of halogens is 1. The largest absolute Gasteiger partial charge is 0.480 e. The molecule has 102 valence electrons. The molecule has 0 spiro atoms. The molecule has 6 nitrogen and oxygen atoms in total. The maximum absolute atomic E-state index is 11.8. The molecule has 0 heterocycles. The van der Waals surface area contributed by atoms with Crippen molar-refractivity contribution in [2.45, 2.75) is 19.9 Å². The predicted octanol–water partition coefficient (Wildman–Crippen LogP) is 1.50. The number of amides is 2. The average Bonchev–Trinajstić information content (AvgIpc) is 2.30. The summed E-state index contributed by atoms with van der Waals surface area (Å²) in [5, 5.41) is 13.7. The van der Waals surface area contributed by atoms with Gasteiger partial charge in [-0.25, -0.2) is 0 Å². The minimum Gasteiger partial charge on any atom is -0.480 e. The van der Waals surface area contributed by atoms with Crippen LogP contribution in [0.2, 0.25) is 5.02 Å². The van der Waals surface area contributed by atoms with E-state index in [0.29, 0.717) is 5.69 Å². The summed E-state index contributed by atoms with van der Waals surface area (Å²) in [7, 11) is 0. The summed E-state index contributed by atoms with van der Waals surface area (Å²) in [5.41, 5.74) is 0.506. The average molecular weight is 285 g/mol. The molecule has 0 radical (unpaired) electrons. The van der Waals surface area contributed by atoms with Crippen molar-refractivity contribution in [2.75, 3.05) is 5.32 Å². The Labute approximate surface area is 114 Å². The van der Waals surface area contributed by atoms with Crippen LogP contribution in [0.1, 0.15) is 24.2 Å². The van der Waals surface area contributed by atoms with E-state index in [1.807, 2.05) is 0 Å². The minimum absolute atomic E-state index is 0.0982. The Hall–Kier alpha value is -2.08. The SMILES string of the molecule is CC(=O)Nc1ccc(Cl)c(C(=O)NC(C)C(=O)O)c1. The van der Waals surface area contributed by atoms with Gasteiger partial charge in [-0.05, 0) is 25.1 Å². The number of nitrogens with one attached hydrogen (secondary N) is 2. The van der Waals surface area contributed by atoms with Crippen molar-refractivity contribution in [1.29, 1.82) is 0 Å². The summed E-state index contributed by atoms with van der Waals surface area (Å²) >= 11 is 5.87. The molecule has 1 rings (SSSR count). The predicted molar refractivity (Wildman–Crippen MR) is 70.3 cm³/mol. The van der Waals surface area contributed by atoms with Crippen LogP contribution in [-0.4, -0.2) is 28.9 Å². The number of carboxylic acids is 1. The first-order valence-electron chi connectivity index (χ1n) is 5.42. The molecule has 0 aliphatic rings. The Bertz CT molecular complexity index is 530. The van der Waals surface area contributed by atoms with Crippen LogP contribution in [-0.2, 0) is 9.59 Å². The molecule has 19 heavy (non-hydrogen) atoms. The molecule has 0 aliphatic carbocycles. The van der Waals surface area contributed by atoms with Gasteiger partial charge in [0.2, 0.25) is 5.91 Å². The Morgan fingerprint density at radius 2 is 1.95 bits per heavy atom. The van der Waals surface area contributed by atoms with Gasteiger partial charge in [-0.1, -0.05) is 11.6 Å². The molecule has 0 aromatic heterocycles. The summed E-state index contributed by atoms with van der Waals surface area (Å²) in [5.74, 6) is -2.05. The van der Waals surface area contributed by atoms with Crippen molar-refractivity contribution in [3.05, 3.63) is 28.8 Å². The first kappa shape index (κ1) is 15.0. The second-order valence-corrected chi connectivity index (χ2v) is 4.32. The van der Waals surface area contributed by atoms with Crippen LogP contribution >= 0.6 is 11.6 Å². The highest BCUT2D eigenvalue weighted by Gasteiger charge is 2.17. The van der Waals surface area contributed by atoms with Gasteiger partial charge in [0.1, 0.15) is 6.04 Å². The lowest BCUT2D eigenvalue weighted by atomic mass is 10.1. The van der Waals surface area contributed by atoms with Crippen LogP contribution in [0.15, 0.2) is 18.2 Å². The Morgan fingerprint density at radius 3 is 2.47 bits per heavy atom. The second kappa shape index (κ2) is 6.19. The zero-order chi connectivity index (χ0) is 14.6. The molecule has 1 aromatic rings. The van der Waals surface area contributed by atoms with Crippen LogP contribution in [0, 0.1) is 0 Å². The number of carbonyl (C=O) groups is 3. The zero-order valence-electron chi connectivity index (χ0n) is 10.4. The molecule has 0 saturated carbocycles. The molecule has 0 aliphatic heterocycles. The Morgan fingerprint density at radius 1 is 1.32 bits per heavy atom. The summed E-state index contributed by atoms with van der Waals surface area (Å²) in [6.07, 6.45) is 0. The quantitative estimate of drug-likeness (QED) is 0.781. The number of carboxylic acid groups (broad SMARTS) is 1. The highest BCUT2D eigenvalue weighted by molar-refractivity contribution is 6.34. The number of hydrogen-bond donors (Lipinski definition) is 3. The van der Waals surface area contributed by atoms with E-state index in [1.54, 1.807) is 6.07 Å². The summed E-state index contributed by atoms with van der Waals surface area (Å²) < 4.78 is 0. The second-order valence-electron chi connectivity index (χ2n) is 3.91. The topological polar surface area (TPSA) is 95.5 Å². The molecule has 0 fully saturated rings. The third kappa shape index (κ3) is 4.26. The van der Waals surface area contributed by atoms with Crippen molar-refractivity contribution >= 4 is 35.1 Å². The number of aliphatic carboxylic acids is 1. The van der Waals surface area contributed by atoms with Crippen LogP contribution in [0.3, 0.4) is 0 Å². The Balaban J connectivity index is 2.95. The van der Waals surface area contributed by atoms with Gasteiger partial charge in [0.15, 0.2) is 0 Å². The van der Waals surface area contributed by atoms with E-state index in [4.69, 9.17) is 16.7 Å². The third-order valence-electron chi connectivity index (χ3n) is 2.25. The van der Waals surface area contributed by atoms with Gasteiger partial charge in [0, 0.05) is 12.6 Å². The third-order valence-corrected chi connectivity index (χ3v) is 2.58. The monoisotopic (exact) mass is 284 g/mol. The molecule has 3 N–H and O–H groups in total. The highest BCUT2D eigenvalue weighted by atomic mass is 35.5. The lowest BCUT2D eigenvalue weighted by Gasteiger charge is -2.11. The van der Waals surface area contributed by atoms with Crippen LogP contribution < -0.4 is 10.6 Å². The van der Waals surface area contributed by atoms with Crippen LogP contribution in [0.25, 0.3) is 0 Å². The number of carbonyl (C=O) groups excluding carboxylic acids is 2. The number of benzene rings is 1. The normalized spacial score (nSPS) is 11.5. The van der Waals surface area contributed by atoms with Gasteiger partial charge in [-0.15, -0.1) is 0 Å². The van der Waals surface area contributed by atoms with Crippen molar-refractivity contribution in [2.24, 2.45) is 0 Å². The van der Waals surface area contributed by atoms with Gasteiger partial charge in [-0.2, -0.15) is 0 Å². The van der Waals surface area contributed by atoms with E-state index in [9.17, 15) is 14.4 Å². The van der Waals surface area contributed by atoms with E-state index in [2.05, 4.69) is 10.6 Å². The maximum atomic E-state index is 11.8. The molecule has 1 atom stereocenters. The first-order chi connectivity index (χ1) is 8.81. The first-order valence-corrected chi connectivity index (χ1v) is 5.80. The lowest BCUT2D eigenvalue weighted by molar-refractivity contribution is -0.138. The lowest BCUT2D eigenvalue weighted by Crippen LogP contribution is -2.38. The molecule has 7 heteroatoms. The molecule has 1 unspecified atom stereocenters. The molecular weight excluding hydrogens is 272 g/mol. The highest BCUT2D eigenvalue weighted by Crippen LogP contribution is 2.20. The van der Waals surface area contributed by atoms with Crippen molar-refractivity contribution in [3.63, 3.8) is 0 Å².